The van der Waals surface area contributed by atoms with Crippen LogP contribution >= 0.6 is 0 Å². The molecule has 0 bridgehead atoms. The lowest BCUT2D eigenvalue weighted by atomic mass is 9.78. The van der Waals surface area contributed by atoms with E-state index in [2.05, 4.69) is 13.8 Å². The summed E-state index contributed by atoms with van der Waals surface area (Å²) < 4.78 is 39.1. The third-order valence-corrected chi connectivity index (χ3v) is 10.5. The molecule has 3 rings (SSSR count). The van der Waals surface area contributed by atoms with Crippen LogP contribution in [0.4, 0.5) is 9.59 Å². The Morgan fingerprint density at radius 2 is 1.64 bits per heavy atom. The van der Waals surface area contributed by atoms with E-state index in [0.29, 0.717) is 76.7 Å². The number of hydrogen-bond donors (Lipinski definition) is 1. The Kier molecular flexibility index (Phi) is 17.6. The first kappa shape index (κ1) is 43.8. The van der Waals surface area contributed by atoms with Crippen molar-refractivity contribution in [1.82, 2.24) is 9.80 Å². The Morgan fingerprint density at radius 1 is 0.943 bits per heavy atom. The van der Waals surface area contributed by atoms with Crippen LogP contribution in [0.3, 0.4) is 0 Å². The largest absolute Gasteiger partial charge is 0.493 e. The molecule has 0 aliphatic carbocycles. The molecule has 1 aromatic rings. The molecule has 2 N–H and O–H groups in total. The number of nitrogens with two attached hydrogens (primary N) is 1. The van der Waals surface area contributed by atoms with Crippen molar-refractivity contribution in [2.75, 3.05) is 67.3 Å². The molecule has 4 atom stereocenters. The zero-order chi connectivity index (χ0) is 39.1. The minimum atomic E-state index is -0.809. The van der Waals surface area contributed by atoms with Gasteiger partial charge >= 0.3 is 12.2 Å². The summed E-state index contributed by atoms with van der Waals surface area (Å²) in [6.45, 7) is 13.9. The monoisotopic (exact) mass is 749 g/mol. The van der Waals surface area contributed by atoms with Crippen LogP contribution in [0.1, 0.15) is 79.2 Å². The summed E-state index contributed by atoms with van der Waals surface area (Å²) in [6.07, 6.45) is 1.23. The standard InChI is InChI=1S/C39H63N3O11/c1-26(2)29(20-28-10-11-33(48-8)35(21-28)50-17-9-16-47-7)22-31-34(23-30(27(3)4)32(43)12-13-39(5,6)36(40)44)51-24-42(31)38(46)53-25-52-37(45)41-14-18-49-19-15-41/h10-11,21,26-27,29-31,34H,9,12-20,22-25H2,1-8H3,(H2,40,44)/t29-,30-,31-,34-/m0/s1. The summed E-state index contributed by atoms with van der Waals surface area (Å²) in [5.74, 6) is 0.818. The highest BCUT2D eigenvalue weighted by Gasteiger charge is 2.43. The Hall–Kier alpha value is -3.62. The van der Waals surface area contributed by atoms with Gasteiger partial charge in [0.2, 0.25) is 12.7 Å². The van der Waals surface area contributed by atoms with Gasteiger partial charge in [-0.15, -0.1) is 0 Å². The second-order valence-electron chi connectivity index (χ2n) is 15.3. The van der Waals surface area contributed by atoms with Crippen molar-refractivity contribution in [3.05, 3.63) is 23.8 Å². The molecular formula is C39H63N3O11. The lowest BCUT2D eigenvalue weighted by Gasteiger charge is -2.33. The van der Waals surface area contributed by atoms with E-state index in [1.165, 1.54) is 4.90 Å². The van der Waals surface area contributed by atoms with Gasteiger partial charge in [0, 0.05) is 51.0 Å². The van der Waals surface area contributed by atoms with Gasteiger partial charge in [-0.2, -0.15) is 0 Å². The van der Waals surface area contributed by atoms with Gasteiger partial charge in [-0.25, -0.2) is 9.59 Å². The number of hydrogen-bond acceptors (Lipinski definition) is 11. The molecule has 2 aliphatic rings. The first-order valence-electron chi connectivity index (χ1n) is 18.8. The van der Waals surface area contributed by atoms with Gasteiger partial charge in [-0.1, -0.05) is 47.6 Å². The summed E-state index contributed by atoms with van der Waals surface area (Å²) in [6, 6.07) is 5.50. The van der Waals surface area contributed by atoms with Crippen LogP contribution in [0.2, 0.25) is 0 Å². The predicted molar refractivity (Wildman–Crippen MR) is 197 cm³/mol. The van der Waals surface area contributed by atoms with Crippen molar-refractivity contribution in [2.24, 2.45) is 34.8 Å². The average Bonchev–Trinajstić information content (AvgIpc) is 3.53. The second kappa shape index (κ2) is 21.3. The topological polar surface area (TPSA) is 165 Å². The van der Waals surface area contributed by atoms with E-state index in [1.54, 1.807) is 33.0 Å². The van der Waals surface area contributed by atoms with E-state index >= 15 is 0 Å². The van der Waals surface area contributed by atoms with Crippen molar-refractivity contribution < 1.29 is 52.3 Å². The van der Waals surface area contributed by atoms with Crippen LogP contribution in [0.25, 0.3) is 0 Å². The molecule has 0 spiro atoms. The molecular weight excluding hydrogens is 686 g/mol. The molecule has 14 heteroatoms. The molecule has 0 aromatic heterocycles. The maximum absolute atomic E-state index is 13.7. The predicted octanol–water partition coefficient (Wildman–Crippen LogP) is 5.43. The minimum absolute atomic E-state index is 0.00783. The van der Waals surface area contributed by atoms with Crippen LogP contribution in [-0.4, -0.2) is 113 Å². The number of primary amides is 1. The number of morpholine rings is 1. The number of carbonyl (C=O) groups excluding carboxylic acids is 4. The van der Waals surface area contributed by atoms with Crippen molar-refractivity contribution in [3.63, 3.8) is 0 Å². The van der Waals surface area contributed by atoms with Crippen LogP contribution in [0.5, 0.6) is 11.5 Å². The summed E-state index contributed by atoms with van der Waals surface area (Å²) >= 11 is 0. The molecule has 2 saturated heterocycles. The molecule has 0 saturated carbocycles. The lowest BCUT2D eigenvalue weighted by molar-refractivity contribution is -0.129. The number of amides is 3. The van der Waals surface area contributed by atoms with Gasteiger partial charge in [0.25, 0.3) is 0 Å². The number of rotatable bonds is 21. The van der Waals surface area contributed by atoms with E-state index in [1.807, 2.05) is 32.0 Å². The summed E-state index contributed by atoms with van der Waals surface area (Å²) in [4.78, 5) is 54.8. The van der Waals surface area contributed by atoms with Crippen LogP contribution in [-0.2, 0) is 39.7 Å². The maximum atomic E-state index is 13.7. The van der Waals surface area contributed by atoms with Gasteiger partial charge in [-0.05, 0) is 61.1 Å². The van der Waals surface area contributed by atoms with Crippen LogP contribution in [0, 0.1) is 29.1 Å². The third kappa shape index (κ3) is 13.3. The van der Waals surface area contributed by atoms with E-state index in [0.717, 1.165) is 12.0 Å². The number of Topliss-reactive ketones (excluding diaryl/α,β-unsaturated/α-hetero) is 1. The fourth-order valence-corrected chi connectivity index (χ4v) is 6.65. The van der Waals surface area contributed by atoms with Gasteiger partial charge in [-0.3, -0.25) is 14.5 Å². The minimum Gasteiger partial charge on any atom is -0.493 e. The summed E-state index contributed by atoms with van der Waals surface area (Å²) in [5, 5.41) is 0. The first-order chi connectivity index (χ1) is 25.2. The van der Waals surface area contributed by atoms with Crippen molar-refractivity contribution in [3.8, 4) is 11.5 Å². The van der Waals surface area contributed by atoms with E-state index < -0.39 is 42.4 Å². The van der Waals surface area contributed by atoms with Crippen molar-refractivity contribution in [1.29, 1.82) is 0 Å². The lowest BCUT2D eigenvalue weighted by Crippen LogP contribution is -2.44. The SMILES string of the molecule is COCCCOc1cc(C[C@@H](C[C@H]2[C@H](C[C@H](C(=O)CCC(C)(C)C(N)=O)C(C)C)OCN2C(=O)OCOC(=O)N2CCOCC2)C(C)C)ccc1OC. The zero-order valence-corrected chi connectivity index (χ0v) is 33.1. The van der Waals surface area contributed by atoms with Gasteiger partial charge < -0.3 is 43.8 Å². The Morgan fingerprint density at radius 3 is 2.26 bits per heavy atom. The number of ether oxygens (including phenoxy) is 7. The molecule has 2 fully saturated rings. The number of nitrogens with zero attached hydrogens (tertiary/aromatic N) is 2. The Labute approximate surface area is 315 Å². The molecule has 0 radical (unpaired) electrons. The third-order valence-electron chi connectivity index (χ3n) is 10.5. The number of ketones is 1. The molecule has 3 amide bonds. The first-order valence-corrected chi connectivity index (χ1v) is 18.8. The highest BCUT2D eigenvalue weighted by molar-refractivity contribution is 5.84. The maximum Gasteiger partial charge on any atom is 0.414 e. The van der Waals surface area contributed by atoms with E-state index in [9.17, 15) is 19.2 Å². The molecule has 300 valence electrons. The van der Waals surface area contributed by atoms with Gasteiger partial charge in [0.1, 0.15) is 12.5 Å². The van der Waals surface area contributed by atoms with Crippen molar-refractivity contribution in [2.45, 2.75) is 92.2 Å². The summed E-state index contributed by atoms with van der Waals surface area (Å²) in [7, 11) is 3.27. The van der Waals surface area contributed by atoms with Crippen LogP contribution in [0.15, 0.2) is 18.2 Å². The fraction of sp³-hybridized carbons (Fsp3) is 0.744. The second-order valence-corrected chi connectivity index (χ2v) is 15.3. The van der Waals surface area contributed by atoms with Gasteiger partial charge in [0.15, 0.2) is 11.5 Å². The van der Waals surface area contributed by atoms with Crippen molar-refractivity contribution >= 4 is 23.9 Å². The average molecular weight is 750 g/mol. The Balaban J connectivity index is 1.82. The molecule has 14 nitrogen and oxygen atoms in total. The van der Waals surface area contributed by atoms with Gasteiger partial charge in [0.05, 0.1) is 39.1 Å². The number of carbonyl (C=O) groups is 4. The molecule has 2 heterocycles. The van der Waals surface area contributed by atoms with E-state index in [-0.39, 0.29) is 42.6 Å². The summed E-state index contributed by atoms with van der Waals surface area (Å²) in [5.41, 5.74) is 5.83. The van der Waals surface area contributed by atoms with E-state index in [4.69, 9.17) is 38.9 Å². The molecule has 0 unspecified atom stereocenters. The molecule has 1 aromatic carbocycles. The quantitative estimate of drug-likeness (QED) is 0.126. The Bertz CT molecular complexity index is 1330. The molecule has 53 heavy (non-hydrogen) atoms. The highest BCUT2D eigenvalue weighted by Crippen LogP contribution is 2.36. The molecule has 2 aliphatic heterocycles. The fourth-order valence-electron chi connectivity index (χ4n) is 6.65. The number of benzene rings is 1. The highest BCUT2D eigenvalue weighted by atomic mass is 16.7. The normalized spacial score (nSPS) is 18.9. The zero-order valence-electron chi connectivity index (χ0n) is 33.1. The smallest absolute Gasteiger partial charge is 0.414 e. The van der Waals surface area contributed by atoms with Crippen LogP contribution < -0.4 is 15.2 Å². The number of methoxy groups -OCH3 is 2.